The highest BCUT2D eigenvalue weighted by Gasteiger charge is 2.39. The number of hydrogen-bond donors (Lipinski definition) is 1. The summed E-state index contributed by atoms with van der Waals surface area (Å²) < 4.78 is 5.62. The van der Waals surface area contributed by atoms with Gasteiger partial charge in [0, 0.05) is 17.4 Å². The summed E-state index contributed by atoms with van der Waals surface area (Å²) in [7, 11) is 1.28. The van der Waals surface area contributed by atoms with Crippen LogP contribution < -0.4 is 0 Å². The van der Waals surface area contributed by atoms with E-state index in [9.17, 15) is 14.7 Å². The number of β-amino-alcohol motifs (C(OH)–C–C–N with tert-alkyl or cyclic N) is 1. The predicted molar refractivity (Wildman–Crippen MR) is 76.0 cm³/mol. The summed E-state index contributed by atoms with van der Waals surface area (Å²) in [4.78, 5) is 25.3. The van der Waals surface area contributed by atoms with Gasteiger partial charge in [-0.05, 0) is 17.7 Å². The third-order valence-electron chi connectivity index (χ3n) is 3.34. The third kappa shape index (κ3) is 3.37. The Morgan fingerprint density at radius 2 is 2.05 bits per heavy atom. The first-order valence-electron chi connectivity index (χ1n) is 6.31. The molecule has 0 spiro atoms. The summed E-state index contributed by atoms with van der Waals surface area (Å²) in [5, 5.41) is 9.66. The van der Waals surface area contributed by atoms with E-state index in [0.29, 0.717) is 0 Å². The van der Waals surface area contributed by atoms with Crippen molar-refractivity contribution < 1.29 is 19.4 Å². The van der Waals surface area contributed by atoms with Gasteiger partial charge in [-0.25, -0.2) is 4.79 Å². The topological polar surface area (TPSA) is 66.8 Å². The maximum atomic E-state index is 12.3. The molecule has 1 heterocycles. The molecular weight excluding hydrogens is 326 g/mol. The number of carbonyl (C=O) groups excluding carboxylic acids is 2. The number of esters is 1. The number of hydrogen-bond acceptors (Lipinski definition) is 4. The highest BCUT2D eigenvalue weighted by molar-refractivity contribution is 9.10. The second kappa shape index (κ2) is 6.37. The van der Waals surface area contributed by atoms with Crippen molar-refractivity contribution in [2.24, 2.45) is 0 Å². The quantitative estimate of drug-likeness (QED) is 0.837. The molecule has 1 aromatic rings. The summed E-state index contributed by atoms with van der Waals surface area (Å²) in [6.07, 6.45) is -0.236. The molecule has 20 heavy (non-hydrogen) atoms. The molecule has 1 aliphatic rings. The Bertz CT molecular complexity index is 502. The van der Waals surface area contributed by atoms with Crippen LogP contribution >= 0.6 is 15.9 Å². The molecule has 0 saturated carbocycles. The van der Waals surface area contributed by atoms with Gasteiger partial charge in [0.1, 0.15) is 6.04 Å². The first-order valence-corrected chi connectivity index (χ1v) is 7.10. The summed E-state index contributed by atoms with van der Waals surface area (Å²) in [5.41, 5.74) is 0.864. The Kier molecular flexibility index (Phi) is 4.77. The number of carbonyl (C=O) groups is 2. The number of amides is 1. The van der Waals surface area contributed by atoms with Gasteiger partial charge in [-0.3, -0.25) is 4.79 Å². The van der Waals surface area contributed by atoms with E-state index in [-0.39, 0.29) is 25.3 Å². The molecule has 2 atom stereocenters. The van der Waals surface area contributed by atoms with E-state index < -0.39 is 18.1 Å². The molecule has 1 N–H and O–H groups in total. The number of ether oxygens (including phenoxy) is 1. The van der Waals surface area contributed by atoms with Gasteiger partial charge in [0.05, 0.1) is 19.6 Å². The van der Waals surface area contributed by atoms with Gasteiger partial charge in [-0.2, -0.15) is 0 Å². The number of aliphatic hydroxyl groups is 1. The van der Waals surface area contributed by atoms with Gasteiger partial charge in [0.2, 0.25) is 5.91 Å². The van der Waals surface area contributed by atoms with E-state index in [2.05, 4.69) is 20.7 Å². The minimum absolute atomic E-state index is 0.176. The SMILES string of the molecule is COC(=O)C1CC(O)CN1C(=O)Cc1ccc(Br)cc1. The average Bonchev–Trinajstić information content (AvgIpc) is 2.82. The molecule has 2 unspecified atom stereocenters. The second-order valence-corrected chi connectivity index (χ2v) is 5.69. The minimum Gasteiger partial charge on any atom is -0.467 e. The molecule has 108 valence electrons. The van der Waals surface area contributed by atoms with Crippen molar-refractivity contribution in [3.63, 3.8) is 0 Å². The second-order valence-electron chi connectivity index (χ2n) is 4.78. The molecule has 0 bridgehead atoms. The fourth-order valence-corrected chi connectivity index (χ4v) is 2.59. The van der Waals surface area contributed by atoms with Crippen LogP contribution in [0.3, 0.4) is 0 Å². The maximum absolute atomic E-state index is 12.3. The molecule has 1 amide bonds. The average molecular weight is 342 g/mol. The van der Waals surface area contributed by atoms with Crippen molar-refractivity contribution >= 4 is 27.8 Å². The van der Waals surface area contributed by atoms with Crippen molar-refractivity contribution in [1.82, 2.24) is 4.90 Å². The summed E-state index contributed by atoms with van der Waals surface area (Å²) >= 11 is 3.33. The molecule has 2 rings (SSSR count). The van der Waals surface area contributed by atoms with Crippen LogP contribution in [0.4, 0.5) is 0 Å². The number of methoxy groups -OCH3 is 1. The van der Waals surface area contributed by atoms with Crippen LogP contribution in [0.15, 0.2) is 28.7 Å². The van der Waals surface area contributed by atoms with Crippen LogP contribution in [-0.2, 0) is 20.7 Å². The van der Waals surface area contributed by atoms with Gasteiger partial charge in [-0.15, -0.1) is 0 Å². The normalized spacial score (nSPS) is 21.9. The summed E-state index contributed by atoms with van der Waals surface area (Å²) in [6, 6.07) is 6.74. The minimum atomic E-state index is -0.682. The van der Waals surface area contributed by atoms with E-state index in [1.807, 2.05) is 24.3 Å². The van der Waals surface area contributed by atoms with Crippen LogP contribution in [0.2, 0.25) is 0 Å². The number of rotatable bonds is 3. The zero-order valence-corrected chi connectivity index (χ0v) is 12.7. The first kappa shape index (κ1) is 15.0. The molecule has 0 radical (unpaired) electrons. The molecule has 0 aliphatic carbocycles. The Balaban J connectivity index is 2.07. The lowest BCUT2D eigenvalue weighted by Crippen LogP contribution is -2.42. The zero-order valence-electron chi connectivity index (χ0n) is 11.1. The number of benzene rings is 1. The number of halogens is 1. The lowest BCUT2D eigenvalue weighted by molar-refractivity contribution is -0.150. The van der Waals surface area contributed by atoms with E-state index in [4.69, 9.17) is 0 Å². The third-order valence-corrected chi connectivity index (χ3v) is 3.87. The summed E-state index contributed by atoms with van der Waals surface area (Å²) in [6.45, 7) is 0.176. The molecule has 1 fully saturated rings. The number of likely N-dealkylation sites (tertiary alicyclic amines) is 1. The lowest BCUT2D eigenvalue weighted by Gasteiger charge is -2.22. The molecular formula is C14H16BrNO4. The number of aliphatic hydroxyl groups excluding tert-OH is 1. The zero-order chi connectivity index (χ0) is 14.7. The molecule has 6 heteroatoms. The number of nitrogens with zero attached hydrogens (tertiary/aromatic N) is 1. The van der Waals surface area contributed by atoms with Crippen LogP contribution in [0.25, 0.3) is 0 Å². The molecule has 0 aromatic heterocycles. The summed E-state index contributed by atoms with van der Waals surface area (Å²) in [5.74, 6) is -0.662. The van der Waals surface area contributed by atoms with Crippen molar-refractivity contribution in [2.45, 2.75) is 25.0 Å². The van der Waals surface area contributed by atoms with Crippen molar-refractivity contribution in [3.05, 3.63) is 34.3 Å². The fraction of sp³-hybridized carbons (Fsp3) is 0.429. The van der Waals surface area contributed by atoms with Crippen LogP contribution in [0.1, 0.15) is 12.0 Å². The predicted octanol–water partition coefficient (Wildman–Crippen LogP) is 1.13. The van der Waals surface area contributed by atoms with Crippen molar-refractivity contribution in [1.29, 1.82) is 0 Å². The van der Waals surface area contributed by atoms with E-state index in [1.54, 1.807) is 0 Å². The maximum Gasteiger partial charge on any atom is 0.328 e. The highest BCUT2D eigenvalue weighted by atomic mass is 79.9. The van der Waals surface area contributed by atoms with Crippen LogP contribution in [-0.4, -0.2) is 47.7 Å². The highest BCUT2D eigenvalue weighted by Crippen LogP contribution is 2.21. The Morgan fingerprint density at radius 3 is 2.65 bits per heavy atom. The van der Waals surface area contributed by atoms with Crippen molar-refractivity contribution in [3.8, 4) is 0 Å². The van der Waals surface area contributed by atoms with Gasteiger partial charge in [0.25, 0.3) is 0 Å². The molecule has 5 nitrogen and oxygen atoms in total. The smallest absolute Gasteiger partial charge is 0.328 e. The Hall–Kier alpha value is -1.40. The molecule has 1 saturated heterocycles. The van der Waals surface area contributed by atoms with E-state index >= 15 is 0 Å². The van der Waals surface area contributed by atoms with Gasteiger partial charge < -0.3 is 14.7 Å². The molecule has 1 aliphatic heterocycles. The fourth-order valence-electron chi connectivity index (χ4n) is 2.33. The van der Waals surface area contributed by atoms with E-state index in [0.717, 1.165) is 10.0 Å². The lowest BCUT2D eigenvalue weighted by atomic mass is 10.1. The Morgan fingerprint density at radius 1 is 1.40 bits per heavy atom. The van der Waals surface area contributed by atoms with E-state index in [1.165, 1.54) is 12.0 Å². The first-order chi connectivity index (χ1) is 9.51. The van der Waals surface area contributed by atoms with Crippen molar-refractivity contribution in [2.75, 3.05) is 13.7 Å². The van der Waals surface area contributed by atoms with Crippen LogP contribution in [0, 0.1) is 0 Å². The Labute approximate surface area is 125 Å². The van der Waals surface area contributed by atoms with Gasteiger partial charge in [0.15, 0.2) is 0 Å². The largest absolute Gasteiger partial charge is 0.467 e. The monoisotopic (exact) mass is 341 g/mol. The standard InChI is InChI=1S/C14H16BrNO4/c1-20-14(19)12-7-11(17)8-16(12)13(18)6-9-2-4-10(15)5-3-9/h2-5,11-12,17H,6-8H2,1H3. The van der Waals surface area contributed by atoms with Gasteiger partial charge >= 0.3 is 5.97 Å². The van der Waals surface area contributed by atoms with Crippen LogP contribution in [0.5, 0.6) is 0 Å². The van der Waals surface area contributed by atoms with Gasteiger partial charge in [-0.1, -0.05) is 28.1 Å². The molecule has 1 aromatic carbocycles.